The van der Waals surface area contributed by atoms with Crippen LogP contribution < -0.4 is 10.2 Å². The monoisotopic (exact) mass is 336 g/mol. The molecule has 0 spiro atoms. The first-order valence-electron chi connectivity index (χ1n) is 8.36. The van der Waals surface area contributed by atoms with Crippen LogP contribution in [0.15, 0.2) is 52.3 Å². The standard InChI is InChI=1S/C20H20N2OS/c1-14-12-16(22-10-4-5-11-22)9-8-15(14)13-19-20(23)21-17-6-2-3-7-18(17)24-19/h2-3,6-9,12-13H,4-5,10-11H2,1H3,(H,21,23)/b19-13+. The van der Waals surface area contributed by atoms with Gasteiger partial charge in [-0.2, -0.15) is 0 Å². The largest absolute Gasteiger partial charge is 0.372 e. The average Bonchev–Trinajstić information content (AvgIpc) is 3.12. The minimum absolute atomic E-state index is 0.0262. The fraction of sp³-hybridized carbons (Fsp3) is 0.250. The summed E-state index contributed by atoms with van der Waals surface area (Å²) in [7, 11) is 0. The number of para-hydroxylation sites is 1. The number of benzene rings is 2. The van der Waals surface area contributed by atoms with Gasteiger partial charge in [0.1, 0.15) is 0 Å². The molecule has 1 amide bonds. The van der Waals surface area contributed by atoms with Gasteiger partial charge in [-0.3, -0.25) is 4.79 Å². The Balaban J connectivity index is 1.62. The second-order valence-corrected chi connectivity index (χ2v) is 7.38. The van der Waals surface area contributed by atoms with Gasteiger partial charge in [0.2, 0.25) is 0 Å². The van der Waals surface area contributed by atoms with Crippen LogP contribution in [0.1, 0.15) is 24.0 Å². The van der Waals surface area contributed by atoms with Crippen molar-refractivity contribution in [1.29, 1.82) is 0 Å². The molecule has 24 heavy (non-hydrogen) atoms. The maximum Gasteiger partial charge on any atom is 0.262 e. The highest BCUT2D eigenvalue weighted by Gasteiger charge is 2.21. The first-order chi connectivity index (χ1) is 11.7. The molecule has 4 heteroatoms. The van der Waals surface area contributed by atoms with Crippen LogP contribution in [0.25, 0.3) is 6.08 Å². The van der Waals surface area contributed by atoms with Crippen LogP contribution in [0.4, 0.5) is 11.4 Å². The van der Waals surface area contributed by atoms with Crippen molar-refractivity contribution in [3.63, 3.8) is 0 Å². The summed E-state index contributed by atoms with van der Waals surface area (Å²) in [6.07, 6.45) is 4.56. The van der Waals surface area contributed by atoms with Gasteiger partial charge in [-0.05, 0) is 61.2 Å². The van der Waals surface area contributed by atoms with Crippen molar-refractivity contribution in [2.75, 3.05) is 23.3 Å². The molecular weight excluding hydrogens is 316 g/mol. The van der Waals surface area contributed by atoms with E-state index in [4.69, 9.17) is 0 Å². The molecule has 4 rings (SSSR count). The van der Waals surface area contributed by atoms with Gasteiger partial charge in [-0.1, -0.05) is 30.0 Å². The zero-order valence-corrected chi connectivity index (χ0v) is 14.5. The van der Waals surface area contributed by atoms with Gasteiger partial charge in [-0.15, -0.1) is 0 Å². The Kier molecular flexibility index (Phi) is 4.07. The number of fused-ring (bicyclic) bond motifs is 1. The third-order valence-electron chi connectivity index (χ3n) is 4.59. The van der Waals surface area contributed by atoms with Gasteiger partial charge in [0.15, 0.2) is 0 Å². The van der Waals surface area contributed by atoms with Gasteiger partial charge in [0.25, 0.3) is 5.91 Å². The molecule has 0 aromatic heterocycles. The Labute approximate surface area is 146 Å². The number of nitrogens with one attached hydrogen (secondary N) is 1. The molecule has 2 heterocycles. The molecule has 2 aromatic carbocycles. The Hall–Kier alpha value is -2.20. The van der Waals surface area contributed by atoms with Gasteiger partial charge in [-0.25, -0.2) is 0 Å². The van der Waals surface area contributed by atoms with Crippen LogP contribution in [0.5, 0.6) is 0 Å². The summed E-state index contributed by atoms with van der Waals surface area (Å²) in [5.74, 6) is -0.0262. The average molecular weight is 336 g/mol. The van der Waals surface area contributed by atoms with E-state index in [1.807, 2.05) is 30.3 Å². The Morgan fingerprint density at radius 1 is 1.12 bits per heavy atom. The molecule has 1 fully saturated rings. The van der Waals surface area contributed by atoms with E-state index in [0.717, 1.165) is 34.1 Å². The number of hydrogen-bond donors (Lipinski definition) is 1. The highest BCUT2D eigenvalue weighted by molar-refractivity contribution is 8.04. The summed E-state index contributed by atoms with van der Waals surface area (Å²) in [5, 5.41) is 2.97. The van der Waals surface area contributed by atoms with Gasteiger partial charge in [0, 0.05) is 23.7 Å². The first kappa shape index (κ1) is 15.3. The number of rotatable bonds is 2. The zero-order valence-electron chi connectivity index (χ0n) is 13.7. The van der Waals surface area contributed by atoms with Crippen molar-refractivity contribution in [1.82, 2.24) is 0 Å². The number of hydrogen-bond acceptors (Lipinski definition) is 3. The number of aryl methyl sites for hydroxylation is 1. The molecule has 1 N–H and O–H groups in total. The number of anilines is 2. The normalized spacial score (nSPS) is 18.6. The number of thioether (sulfide) groups is 1. The molecule has 3 nitrogen and oxygen atoms in total. The molecule has 0 atom stereocenters. The fourth-order valence-electron chi connectivity index (χ4n) is 3.24. The number of carbonyl (C=O) groups excluding carboxylic acids is 1. The lowest BCUT2D eigenvalue weighted by Gasteiger charge is -2.20. The van der Waals surface area contributed by atoms with Crippen LogP contribution in [0, 0.1) is 6.92 Å². The van der Waals surface area contributed by atoms with Crippen molar-refractivity contribution >= 4 is 35.1 Å². The molecule has 122 valence electrons. The van der Waals surface area contributed by atoms with Crippen LogP contribution in [-0.4, -0.2) is 19.0 Å². The molecule has 2 aliphatic heterocycles. The van der Waals surface area contributed by atoms with Crippen molar-refractivity contribution in [3.05, 3.63) is 58.5 Å². The maximum atomic E-state index is 12.3. The minimum Gasteiger partial charge on any atom is -0.372 e. The maximum absolute atomic E-state index is 12.3. The number of nitrogens with zero attached hydrogens (tertiary/aromatic N) is 1. The van der Waals surface area contributed by atoms with Gasteiger partial charge >= 0.3 is 0 Å². The Morgan fingerprint density at radius 3 is 2.71 bits per heavy atom. The molecule has 2 aromatic rings. The summed E-state index contributed by atoms with van der Waals surface area (Å²) in [6, 6.07) is 14.4. The van der Waals surface area contributed by atoms with Crippen molar-refractivity contribution in [2.45, 2.75) is 24.7 Å². The van der Waals surface area contributed by atoms with Crippen molar-refractivity contribution < 1.29 is 4.79 Å². The second kappa shape index (κ2) is 6.36. The van der Waals surface area contributed by atoms with Gasteiger partial charge in [0.05, 0.1) is 10.6 Å². The zero-order chi connectivity index (χ0) is 16.5. The lowest BCUT2D eigenvalue weighted by atomic mass is 10.1. The van der Waals surface area contributed by atoms with E-state index in [0.29, 0.717) is 0 Å². The summed E-state index contributed by atoms with van der Waals surface area (Å²) >= 11 is 1.54. The van der Waals surface area contributed by atoms with E-state index < -0.39 is 0 Å². The van der Waals surface area contributed by atoms with E-state index in [9.17, 15) is 4.79 Å². The molecule has 0 aliphatic carbocycles. The van der Waals surface area contributed by atoms with E-state index >= 15 is 0 Å². The van der Waals surface area contributed by atoms with Crippen LogP contribution in [0.3, 0.4) is 0 Å². The summed E-state index contributed by atoms with van der Waals surface area (Å²) in [4.78, 5) is 16.6. The number of carbonyl (C=O) groups is 1. The molecular formula is C20H20N2OS. The summed E-state index contributed by atoms with van der Waals surface area (Å²) in [5.41, 5.74) is 4.50. The highest BCUT2D eigenvalue weighted by atomic mass is 32.2. The second-order valence-electron chi connectivity index (χ2n) is 6.30. The van der Waals surface area contributed by atoms with Crippen molar-refractivity contribution in [3.8, 4) is 0 Å². The lowest BCUT2D eigenvalue weighted by molar-refractivity contribution is -0.112. The summed E-state index contributed by atoms with van der Waals surface area (Å²) < 4.78 is 0. The SMILES string of the molecule is Cc1cc(N2CCCC2)ccc1/C=C1/Sc2ccccc2NC1=O. The van der Waals surface area contributed by atoms with Crippen LogP contribution in [-0.2, 0) is 4.79 Å². The summed E-state index contributed by atoms with van der Waals surface area (Å²) in [6.45, 7) is 4.41. The van der Waals surface area contributed by atoms with Crippen LogP contribution >= 0.6 is 11.8 Å². The Bertz CT molecular complexity index is 822. The quantitative estimate of drug-likeness (QED) is 0.808. The van der Waals surface area contributed by atoms with Gasteiger partial charge < -0.3 is 10.2 Å². The topological polar surface area (TPSA) is 32.3 Å². The van der Waals surface area contributed by atoms with Crippen molar-refractivity contribution in [2.24, 2.45) is 0 Å². The van der Waals surface area contributed by atoms with E-state index in [-0.39, 0.29) is 5.91 Å². The predicted molar refractivity (Wildman–Crippen MR) is 102 cm³/mol. The third-order valence-corrected chi connectivity index (χ3v) is 5.69. The molecule has 0 unspecified atom stereocenters. The molecule has 0 saturated carbocycles. The minimum atomic E-state index is -0.0262. The molecule has 1 saturated heterocycles. The highest BCUT2D eigenvalue weighted by Crippen LogP contribution is 2.39. The molecule has 0 bridgehead atoms. The smallest absolute Gasteiger partial charge is 0.262 e. The van der Waals surface area contributed by atoms with E-state index in [1.54, 1.807) is 0 Å². The first-order valence-corrected chi connectivity index (χ1v) is 9.18. The van der Waals surface area contributed by atoms with E-state index in [2.05, 4.69) is 35.3 Å². The van der Waals surface area contributed by atoms with E-state index in [1.165, 1.54) is 35.9 Å². The fourth-order valence-corrected chi connectivity index (χ4v) is 4.18. The predicted octanol–water partition coefficient (Wildman–Crippen LogP) is 4.68. The number of amides is 1. The Morgan fingerprint density at radius 2 is 1.92 bits per heavy atom. The third kappa shape index (κ3) is 2.94. The molecule has 2 aliphatic rings. The van der Waals surface area contributed by atoms with Crippen LogP contribution in [0.2, 0.25) is 0 Å². The molecule has 0 radical (unpaired) electrons. The lowest BCUT2D eigenvalue weighted by Crippen LogP contribution is -2.18.